The van der Waals surface area contributed by atoms with Crippen LogP contribution in [0.1, 0.15) is 38.5 Å². The van der Waals surface area contributed by atoms with Gasteiger partial charge in [0.25, 0.3) is 0 Å². The number of carboxylic acids is 1. The van der Waals surface area contributed by atoms with E-state index in [9.17, 15) is 14.7 Å². The van der Waals surface area contributed by atoms with E-state index < -0.39 is 5.97 Å². The fourth-order valence-electron chi connectivity index (χ4n) is 2.07. The van der Waals surface area contributed by atoms with Crippen LogP contribution < -0.4 is 10.4 Å². The van der Waals surface area contributed by atoms with E-state index >= 15 is 0 Å². The molecule has 0 saturated carbocycles. The lowest BCUT2D eigenvalue weighted by molar-refractivity contribution is -0.890. The van der Waals surface area contributed by atoms with Crippen molar-refractivity contribution in [2.24, 2.45) is 0 Å². The van der Waals surface area contributed by atoms with Crippen molar-refractivity contribution < 1.29 is 19.2 Å². The Balaban J connectivity index is 3.56. The molecule has 5 nitrogen and oxygen atoms in total. The summed E-state index contributed by atoms with van der Waals surface area (Å²) < 4.78 is 0.921. The molecule has 0 heterocycles. The smallest absolute Gasteiger partial charge is 0.243 e. The second-order valence-electron chi connectivity index (χ2n) is 5.77. The number of carbonyl (C=O) groups is 2. The quantitative estimate of drug-likeness (QED) is 0.321. The molecule has 5 heteroatoms. The minimum atomic E-state index is -0.956. The lowest BCUT2D eigenvalue weighted by Gasteiger charge is -2.30. The van der Waals surface area contributed by atoms with Crippen molar-refractivity contribution in [2.75, 3.05) is 33.7 Å². The number of unbranched alkanes of at least 4 members (excludes halogenated alkanes) is 3. The van der Waals surface area contributed by atoms with Crippen LogP contribution in [0.25, 0.3) is 0 Å². The van der Waals surface area contributed by atoms with Gasteiger partial charge in [0.2, 0.25) is 5.91 Å². The van der Waals surface area contributed by atoms with Crippen LogP contribution in [0.15, 0.2) is 12.7 Å². The van der Waals surface area contributed by atoms with Gasteiger partial charge in [0.05, 0.1) is 27.2 Å². The molecular formula is C15H28N2O3. The predicted octanol–water partition coefficient (Wildman–Crippen LogP) is 0.456. The molecule has 20 heavy (non-hydrogen) atoms. The predicted molar refractivity (Wildman–Crippen MR) is 77.8 cm³/mol. The summed E-state index contributed by atoms with van der Waals surface area (Å²) in [6.07, 6.45) is 6.21. The SMILES string of the molecule is C=CC(=O)NCCC[N+](C)(C)CCCCCCC(=O)[O-]. The number of carboxylic acid groups (broad SMARTS) is 1. The highest BCUT2D eigenvalue weighted by molar-refractivity contribution is 5.86. The molecule has 0 bridgehead atoms. The van der Waals surface area contributed by atoms with Crippen molar-refractivity contribution >= 4 is 11.9 Å². The number of amides is 1. The highest BCUT2D eigenvalue weighted by Crippen LogP contribution is 2.07. The van der Waals surface area contributed by atoms with Gasteiger partial charge >= 0.3 is 0 Å². The average Bonchev–Trinajstić information content (AvgIpc) is 2.38. The van der Waals surface area contributed by atoms with Crippen LogP contribution >= 0.6 is 0 Å². The van der Waals surface area contributed by atoms with Gasteiger partial charge in [0.1, 0.15) is 0 Å². The highest BCUT2D eigenvalue weighted by Gasteiger charge is 2.13. The van der Waals surface area contributed by atoms with E-state index in [1.807, 2.05) is 0 Å². The fraction of sp³-hybridized carbons (Fsp3) is 0.733. The third-order valence-corrected chi connectivity index (χ3v) is 3.32. The van der Waals surface area contributed by atoms with Crippen LogP contribution in [-0.4, -0.2) is 50.1 Å². The van der Waals surface area contributed by atoms with Gasteiger partial charge in [0, 0.05) is 18.9 Å². The Bertz CT molecular complexity index is 314. The zero-order valence-electron chi connectivity index (χ0n) is 12.8. The first kappa shape index (κ1) is 18.6. The van der Waals surface area contributed by atoms with Crippen LogP contribution in [0.4, 0.5) is 0 Å². The van der Waals surface area contributed by atoms with Crippen LogP contribution in [-0.2, 0) is 9.59 Å². The van der Waals surface area contributed by atoms with E-state index in [1.54, 1.807) is 0 Å². The number of quaternary nitrogens is 1. The maximum atomic E-state index is 11.0. The third-order valence-electron chi connectivity index (χ3n) is 3.32. The van der Waals surface area contributed by atoms with Gasteiger partial charge in [-0.2, -0.15) is 0 Å². The van der Waals surface area contributed by atoms with Crippen molar-refractivity contribution in [3.05, 3.63) is 12.7 Å². The molecule has 0 aliphatic heterocycles. The maximum absolute atomic E-state index is 11.0. The molecule has 1 N–H and O–H groups in total. The molecule has 0 aromatic rings. The zero-order valence-corrected chi connectivity index (χ0v) is 12.8. The molecule has 0 aliphatic carbocycles. The van der Waals surface area contributed by atoms with E-state index in [1.165, 1.54) is 6.08 Å². The second-order valence-corrected chi connectivity index (χ2v) is 5.77. The monoisotopic (exact) mass is 284 g/mol. The summed E-state index contributed by atoms with van der Waals surface area (Å²) in [7, 11) is 4.35. The van der Waals surface area contributed by atoms with Crippen LogP contribution in [0.5, 0.6) is 0 Å². The van der Waals surface area contributed by atoms with E-state index in [4.69, 9.17) is 0 Å². The number of rotatable bonds is 12. The molecule has 0 spiro atoms. The summed E-state index contributed by atoms with van der Waals surface area (Å²) in [6.45, 7) is 6.17. The van der Waals surface area contributed by atoms with Gasteiger partial charge in [-0.3, -0.25) is 4.79 Å². The number of nitrogens with one attached hydrogen (secondary N) is 1. The third kappa shape index (κ3) is 11.7. The Labute approximate surface area is 122 Å². The molecular weight excluding hydrogens is 256 g/mol. The molecule has 0 atom stereocenters. The Kier molecular flexibility index (Phi) is 9.72. The van der Waals surface area contributed by atoms with Gasteiger partial charge in [-0.05, 0) is 31.8 Å². The lowest BCUT2D eigenvalue weighted by atomic mass is 10.1. The van der Waals surface area contributed by atoms with Crippen molar-refractivity contribution in [2.45, 2.75) is 38.5 Å². The zero-order chi connectivity index (χ0) is 15.4. The largest absolute Gasteiger partial charge is 0.550 e. The van der Waals surface area contributed by atoms with Crippen molar-refractivity contribution in [3.63, 3.8) is 0 Å². The van der Waals surface area contributed by atoms with Gasteiger partial charge in [0.15, 0.2) is 0 Å². The van der Waals surface area contributed by atoms with E-state index in [-0.39, 0.29) is 12.3 Å². The first-order chi connectivity index (χ1) is 9.37. The Morgan fingerprint density at radius 2 is 1.70 bits per heavy atom. The van der Waals surface area contributed by atoms with Gasteiger partial charge < -0.3 is 19.7 Å². The second kappa shape index (κ2) is 10.4. The summed E-state index contributed by atoms with van der Waals surface area (Å²) in [5.74, 6) is -1.08. The number of hydrogen-bond donors (Lipinski definition) is 1. The van der Waals surface area contributed by atoms with E-state index in [0.717, 1.165) is 43.3 Å². The first-order valence-corrected chi connectivity index (χ1v) is 7.29. The van der Waals surface area contributed by atoms with Crippen LogP contribution in [0.3, 0.4) is 0 Å². The molecule has 1 amide bonds. The minimum absolute atomic E-state index is 0.122. The van der Waals surface area contributed by atoms with Crippen molar-refractivity contribution in [1.29, 1.82) is 0 Å². The number of carbonyl (C=O) groups excluding carboxylic acids is 2. The Morgan fingerprint density at radius 1 is 1.10 bits per heavy atom. The van der Waals surface area contributed by atoms with E-state index in [2.05, 4.69) is 26.0 Å². The summed E-state index contributed by atoms with van der Waals surface area (Å²) in [6, 6.07) is 0. The molecule has 0 aliphatic rings. The highest BCUT2D eigenvalue weighted by atomic mass is 16.4. The van der Waals surface area contributed by atoms with E-state index in [0.29, 0.717) is 13.0 Å². The molecule has 0 saturated heterocycles. The van der Waals surface area contributed by atoms with Gasteiger partial charge in [-0.1, -0.05) is 13.0 Å². The van der Waals surface area contributed by atoms with Gasteiger partial charge in [-0.15, -0.1) is 0 Å². The molecule has 0 aromatic heterocycles. The van der Waals surface area contributed by atoms with Crippen molar-refractivity contribution in [3.8, 4) is 0 Å². The molecule has 0 rings (SSSR count). The van der Waals surface area contributed by atoms with Crippen molar-refractivity contribution in [1.82, 2.24) is 5.32 Å². The average molecular weight is 284 g/mol. The molecule has 116 valence electrons. The van der Waals surface area contributed by atoms with Crippen LogP contribution in [0, 0.1) is 0 Å². The summed E-state index contributed by atoms with van der Waals surface area (Å²) in [5.41, 5.74) is 0. The number of hydrogen-bond acceptors (Lipinski definition) is 3. The lowest BCUT2D eigenvalue weighted by Crippen LogP contribution is -2.42. The first-order valence-electron chi connectivity index (χ1n) is 7.29. The number of aliphatic carboxylic acids is 1. The number of nitrogens with zero attached hydrogens (tertiary/aromatic N) is 1. The summed E-state index contributed by atoms with van der Waals surface area (Å²) >= 11 is 0. The summed E-state index contributed by atoms with van der Waals surface area (Å²) in [5, 5.41) is 13.0. The minimum Gasteiger partial charge on any atom is -0.550 e. The molecule has 0 fully saturated rings. The Morgan fingerprint density at radius 3 is 2.30 bits per heavy atom. The summed E-state index contributed by atoms with van der Waals surface area (Å²) in [4.78, 5) is 21.2. The molecule has 0 unspecified atom stereocenters. The molecule has 0 aromatic carbocycles. The normalized spacial score (nSPS) is 11.1. The van der Waals surface area contributed by atoms with Crippen LogP contribution in [0.2, 0.25) is 0 Å². The fourth-order valence-corrected chi connectivity index (χ4v) is 2.07. The molecule has 0 radical (unpaired) electrons. The topological polar surface area (TPSA) is 69.2 Å². The standard InChI is InChI=1S/C15H28N2O3/c1-4-14(18)16-11-9-13-17(2,3)12-8-6-5-7-10-15(19)20/h4H,1,5-13H2,2-3H3,(H-,16,18,19,20). The Hall–Kier alpha value is -1.36. The van der Waals surface area contributed by atoms with Gasteiger partial charge in [-0.25, -0.2) is 0 Å². The maximum Gasteiger partial charge on any atom is 0.243 e.